The second-order valence-corrected chi connectivity index (χ2v) is 4.72. The monoisotopic (exact) mass is 257 g/mol. The summed E-state index contributed by atoms with van der Waals surface area (Å²) in [5.74, 6) is 0.679. The first-order valence-electron chi connectivity index (χ1n) is 6.31. The number of rotatable bonds is 4. The zero-order valence-electron chi connectivity index (χ0n) is 11.6. The van der Waals surface area contributed by atoms with Crippen LogP contribution in [0.15, 0.2) is 30.5 Å². The average Bonchev–Trinajstić information content (AvgIpc) is 2.41. The Morgan fingerprint density at radius 1 is 1.16 bits per heavy atom. The van der Waals surface area contributed by atoms with Crippen molar-refractivity contribution in [2.45, 2.75) is 27.0 Å². The minimum Gasteiger partial charge on any atom is -0.392 e. The van der Waals surface area contributed by atoms with E-state index in [9.17, 15) is 0 Å². The van der Waals surface area contributed by atoms with E-state index < -0.39 is 0 Å². The fourth-order valence-corrected chi connectivity index (χ4v) is 1.93. The average molecular weight is 257 g/mol. The lowest BCUT2D eigenvalue weighted by molar-refractivity contribution is 0.280. The Bertz CT molecular complexity index is 569. The lowest BCUT2D eigenvalue weighted by Crippen LogP contribution is -2.20. The van der Waals surface area contributed by atoms with Crippen molar-refractivity contribution in [3.63, 3.8) is 0 Å². The first-order valence-corrected chi connectivity index (χ1v) is 6.31. The third-order valence-electron chi connectivity index (χ3n) is 3.25. The molecule has 0 fully saturated rings. The van der Waals surface area contributed by atoms with Crippen molar-refractivity contribution in [2.24, 2.45) is 0 Å². The van der Waals surface area contributed by atoms with Crippen LogP contribution in [0, 0.1) is 13.8 Å². The number of aryl methyl sites for hydroxylation is 2. The van der Waals surface area contributed by atoms with Gasteiger partial charge < -0.3 is 10.0 Å². The third kappa shape index (κ3) is 3.09. The van der Waals surface area contributed by atoms with Gasteiger partial charge in [0.1, 0.15) is 0 Å². The lowest BCUT2D eigenvalue weighted by Gasteiger charge is -2.19. The molecule has 4 heteroatoms. The molecule has 0 unspecified atom stereocenters. The molecule has 0 saturated carbocycles. The molecule has 0 amide bonds. The fourth-order valence-electron chi connectivity index (χ4n) is 1.93. The van der Waals surface area contributed by atoms with Crippen LogP contribution in [0.25, 0.3) is 0 Å². The first-order chi connectivity index (χ1) is 9.11. The van der Waals surface area contributed by atoms with Crippen molar-refractivity contribution in [3.05, 3.63) is 52.8 Å². The normalized spacial score (nSPS) is 10.5. The molecule has 100 valence electrons. The van der Waals surface area contributed by atoms with Crippen LogP contribution in [0.5, 0.6) is 0 Å². The number of hydrogen-bond donors (Lipinski definition) is 1. The van der Waals surface area contributed by atoms with Gasteiger partial charge in [0.2, 0.25) is 5.95 Å². The summed E-state index contributed by atoms with van der Waals surface area (Å²) in [5, 5.41) is 9.13. The van der Waals surface area contributed by atoms with Gasteiger partial charge in [0.05, 0.1) is 6.61 Å². The molecule has 1 aromatic carbocycles. The minimum atomic E-state index is -0.0202. The maximum Gasteiger partial charge on any atom is 0.225 e. The van der Waals surface area contributed by atoms with Crippen LogP contribution in [0.2, 0.25) is 0 Å². The summed E-state index contributed by atoms with van der Waals surface area (Å²) in [7, 11) is 1.97. The SMILES string of the molecule is Cc1ccccc1CN(C)c1ncc(CO)c(C)n1. The minimum absolute atomic E-state index is 0.0202. The van der Waals surface area contributed by atoms with E-state index in [4.69, 9.17) is 5.11 Å². The molecule has 0 atom stereocenters. The second-order valence-electron chi connectivity index (χ2n) is 4.72. The molecular weight excluding hydrogens is 238 g/mol. The molecule has 1 aromatic heterocycles. The molecule has 0 saturated heterocycles. The highest BCUT2D eigenvalue weighted by atomic mass is 16.3. The van der Waals surface area contributed by atoms with Crippen LogP contribution >= 0.6 is 0 Å². The number of benzene rings is 1. The summed E-state index contributed by atoms with van der Waals surface area (Å²) in [5.41, 5.74) is 4.12. The second kappa shape index (κ2) is 5.80. The molecule has 0 bridgehead atoms. The smallest absolute Gasteiger partial charge is 0.225 e. The maximum atomic E-state index is 9.13. The van der Waals surface area contributed by atoms with Crippen molar-refractivity contribution >= 4 is 5.95 Å². The van der Waals surface area contributed by atoms with E-state index in [1.807, 2.05) is 31.0 Å². The van der Waals surface area contributed by atoms with Crippen LogP contribution in [0.3, 0.4) is 0 Å². The van der Waals surface area contributed by atoms with E-state index in [-0.39, 0.29) is 6.61 Å². The first kappa shape index (κ1) is 13.5. The van der Waals surface area contributed by atoms with Gasteiger partial charge in [-0.15, -0.1) is 0 Å². The Hall–Kier alpha value is -1.94. The molecule has 0 aliphatic heterocycles. The number of anilines is 1. The van der Waals surface area contributed by atoms with Gasteiger partial charge in [0.25, 0.3) is 0 Å². The van der Waals surface area contributed by atoms with Crippen LogP contribution in [-0.2, 0) is 13.2 Å². The largest absolute Gasteiger partial charge is 0.392 e. The summed E-state index contributed by atoms with van der Waals surface area (Å²) in [6.07, 6.45) is 1.69. The van der Waals surface area contributed by atoms with Crippen LogP contribution in [0.1, 0.15) is 22.4 Å². The van der Waals surface area contributed by atoms with Gasteiger partial charge >= 0.3 is 0 Å². The van der Waals surface area contributed by atoms with E-state index in [2.05, 4.69) is 29.0 Å². The highest BCUT2D eigenvalue weighted by Gasteiger charge is 2.08. The topological polar surface area (TPSA) is 49.2 Å². The zero-order valence-corrected chi connectivity index (χ0v) is 11.6. The molecule has 1 heterocycles. The number of nitrogens with zero attached hydrogens (tertiary/aromatic N) is 3. The van der Waals surface area contributed by atoms with Crippen molar-refractivity contribution < 1.29 is 5.11 Å². The summed E-state index contributed by atoms with van der Waals surface area (Å²) in [6, 6.07) is 8.29. The number of aliphatic hydroxyl groups is 1. The summed E-state index contributed by atoms with van der Waals surface area (Å²) in [6.45, 7) is 4.74. The summed E-state index contributed by atoms with van der Waals surface area (Å²) >= 11 is 0. The Morgan fingerprint density at radius 2 is 1.89 bits per heavy atom. The van der Waals surface area contributed by atoms with Gasteiger partial charge in [-0.2, -0.15) is 0 Å². The van der Waals surface area contributed by atoms with E-state index >= 15 is 0 Å². The van der Waals surface area contributed by atoms with Crippen LogP contribution in [-0.4, -0.2) is 22.1 Å². The molecule has 0 aliphatic carbocycles. The standard InChI is InChI=1S/C15H19N3O/c1-11-6-4-5-7-13(11)9-18(3)15-16-8-14(10-19)12(2)17-15/h4-8,19H,9-10H2,1-3H3. The molecule has 19 heavy (non-hydrogen) atoms. The van der Waals surface area contributed by atoms with Crippen molar-refractivity contribution in [3.8, 4) is 0 Å². The van der Waals surface area contributed by atoms with Crippen molar-refractivity contribution in [1.29, 1.82) is 0 Å². The van der Waals surface area contributed by atoms with E-state index in [0.717, 1.165) is 17.8 Å². The highest BCUT2D eigenvalue weighted by Crippen LogP contribution is 2.15. The predicted molar refractivity (Wildman–Crippen MR) is 76.0 cm³/mol. The molecule has 2 aromatic rings. The van der Waals surface area contributed by atoms with Crippen molar-refractivity contribution in [2.75, 3.05) is 11.9 Å². The highest BCUT2D eigenvalue weighted by molar-refractivity contribution is 5.35. The Balaban J connectivity index is 2.18. The number of aliphatic hydroxyl groups excluding tert-OH is 1. The molecule has 0 aliphatic rings. The van der Waals surface area contributed by atoms with E-state index in [1.54, 1.807) is 6.20 Å². The van der Waals surface area contributed by atoms with Crippen LogP contribution < -0.4 is 4.90 Å². The fraction of sp³-hybridized carbons (Fsp3) is 0.333. The van der Waals surface area contributed by atoms with E-state index in [0.29, 0.717) is 5.95 Å². The number of hydrogen-bond acceptors (Lipinski definition) is 4. The zero-order chi connectivity index (χ0) is 13.8. The molecule has 0 radical (unpaired) electrons. The number of aromatic nitrogens is 2. The third-order valence-corrected chi connectivity index (χ3v) is 3.25. The van der Waals surface area contributed by atoms with Gasteiger partial charge in [0.15, 0.2) is 0 Å². The summed E-state index contributed by atoms with van der Waals surface area (Å²) < 4.78 is 0. The Morgan fingerprint density at radius 3 is 2.53 bits per heavy atom. The Labute approximate surface area is 113 Å². The lowest BCUT2D eigenvalue weighted by atomic mass is 10.1. The molecule has 1 N–H and O–H groups in total. The van der Waals surface area contributed by atoms with Crippen molar-refractivity contribution in [1.82, 2.24) is 9.97 Å². The van der Waals surface area contributed by atoms with Gasteiger partial charge in [-0.25, -0.2) is 9.97 Å². The van der Waals surface area contributed by atoms with Crippen LogP contribution in [0.4, 0.5) is 5.95 Å². The maximum absolute atomic E-state index is 9.13. The molecular formula is C15H19N3O. The molecule has 0 spiro atoms. The quantitative estimate of drug-likeness (QED) is 0.912. The predicted octanol–water partition coefficient (Wildman–Crippen LogP) is 2.22. The Kier molecular flexibility index (Phi) is 4.12. The molecule has 2 rings (SSSR count). The van der Waals surface area contributed by atoms with Gasteiger partial charge in [-0.3, -0.25) is 0 Å². The van der Waals surface area contributed by atoms with E-state index in [1.165, 1.54) is 11.1 Å². The summed E-state index contributed by atoms with van der Waals surface area (Å²) in [4.78, 5) is 10.7. The van der Waals surface area contributed by atoms with Gasteiger partial charge in [-0.05, 0) is 25.0 Å². The molecule has 4 nitrogen and oxygen atoms in total. The van der Waals surface area contributed by atoms with Gasteiger partial charge in [0, 0.05) is 31.0 Å². The van der Waals surface area contributed by atoms with Gasteiger partial charge in [-0.1, -0.05) is 24.3 Å².